The number of fused-ring (bicyclic) bond motifs is 1. The SMILES string of the molecule is CSCC[C@@H](CO)NC(=O)c1cccc(NS(=O)(=O)c2ccc3ccccc3c2)c1. The molecule has 0 radical (unpaired) electrons. The lowest BCUT2D eigenvalue weighted by molar-refractivity contribution is 0.0915. The van der Waals surface area contributed by atoms with Gasteiger partial charge in [0.15, 0.2) is 0 Å². The van der Waals surface area contributed by atoms with Crippen LogP contribution >= 0.6 is 11.8 Å². The number of aliphatic hydroxyl groups excluding tert-OH is 1. The Bertz CT molecular complexity index is 1130. The zero-order valence-corrected chi connectivity index (χ0v) is 18.2. The second-order valence-electron chi connectivity index (χ2n) is 6.83. The zero-order chi connectivity index (χ0) is 21.6. The lowest BCUT2D eigenvalue weighted by Crippen LogP contribution is -2.37. The van der Waals surface area contributed by atoms with Crippen LogP contribution in [0.2, 0.25) is 0 Å². The maximum absolute atomic E-state index is 12.8. The predicted octanol–water partition coefficient (Wildman–Crippen LogP) is 3.48. The van der Waals surface area contributed by atoms with Crippen molar-refractivity contribution in [3.63, 3.8) is 0 Å². The summed E-state index contributed by atoms with van der Waals surface area (Å²) in [6, 6.07) is 18.4. The molecule has 0 saturated carbocycles. The Kier molecular flexibility index (Phi) is 7.36. The van der Waals surface area contributed by atoms with Crippen LogP contribution in [0.1, 0.15) is 16.8 Å². The number of thioether (sulfide) groups is 1. The Balaban J connectivity index is 1.77. The van der Waals surface area contributed by atoms with Crippen molar-refractivity contribution in [1.82, 2.24) is 5.32 Å². The van der Waals surface area contributed by atoms with Gasteiger partial charge in [0.05, 0.1) is 17.5 Å². The lowest BCUT2D eigenvalue weighted by atomic mass is 10.1. The number of aliphatic hydroxyl groups is 1. The van der Waals surface area contributed by atoms with Crippen molar-refractivity contribution in [2.75, 3.05) is 23.3 Å². The molecule has 0 aliphatic heterocycles. The van der Waals surface area contributed by atoms with Crippen LogP contribution in [0.25, 0.3) is 10.8 Å². The van der Waals surface area contributed by atoms with E-state index in [0.717, 1.165) is 16.5 Å². The molecule has 0 aliphatic rings. The van der Waals surface area contributed by atoms with Crippen LogP contribution in [0.5, 0.6) is 0 Å². The van der Waals surface area contributed by atoms with Crippen LogP contribution in [-0.2, 0) is 10.0 Å². The minimum atomic E-state index is -3.81. The summed E-state index contributed by atoms with van der Waals surface area (Å²) in [4.78, 5) is 12.7. The fraction of sp³-hybridized carbons (Fsp3) is 0.227. The van der Waals surface area contributed by atoms with E-state index in [1.54, 1.807) is 48.2 Å². The second kappa shape index (κ2) is 9.97. The van der Waals surface area contributed by atoms with Gasteiger partial charge in [-0.2, -0.15) is 11.8 Å². The summed E-state index contributed by atoms with van der Waals surface area (Å²) in [6.45, 7) is -0.152. The topological polar surface area (TPSA) is 95.5 Å². The van der Waals surface area contributed by atoms with E-state index in [4.69, 9.17) is 0 Å². The summed E-state index contributed by atoms with van der Waals surface area (Å²) in [5.74, 6) is 0.457. The number of nitrogens with one attached hydrogen (secondary N) is 2. The number of carbonyl (C=O) groups excluding carboxylic acids is 1. The summed E-state index contributed by atoms with van der Waals surface area (Å²) >= 11 is 1.64. The van der Waals surface area contributed by atoms with Gasteiger partial charge in [-0.15, -0.1) is 0 Å². The van der Waals surface area contributed by atoms with E-state index in [1.807, 2.05) is 30.5 Å². The molecule has 3 aromatic rings. The van der Waals surface area contributed by atoms with Crippen LogP contribution < -0.4 is 10.0 Å². The molecule has 0 aromatic heterocycles. The van der Waals surface area contributed by atoms with Gasteiger partial charge in [0.1, 0.15) is 0 Å². The standard InChI is InChI=1S/C22H24N2O4S2/c1-29-12-11-20(15-25)23-22(26)18-7-4-8-19(13-18)24-30(27,28)21-10-9-16-5-2-3-6-17(16)14-21/h2-10,13-14,20,24-25H,11-12,15H2,1H3,(H,23,26)/t20-/m0/s1. The summed E-state index contributed by atoms with van der Waals surface area (Å²) in [6.07, 6.45) is 2.61. The van der Waals surface area contributed by atoms with Crippen molar-refractivity contribution >= 4 is 44.2 Å². The monoisotopic (exact) mass is 444 g/mol. The van der Waals surface area contributed by atoms with Gasteiger partial charge in [0.2, 0.25) is 0 Å². The number of carbonyl (C=O) groups is 1. The van der Waals surface area contributed by atoms with Crippen molar-refractivity contribution in [3.05, 3.63) is 72.3 Å². The zero-order valence-electron chi connectivity index (χ0n) is 16.5. The number of hydrogen-bond donors (Lipinski definition) is 3. The molecule has 3 rings (SSSR count). The molecule has 0 heterocycles. The molecule has 0 fully saturated rings. The first-order chi connectivity index (χ1) is 14.4. The van der Waals surface area contributed by atoms with E-state index in [-0.39, 0.29) is 23.5 Å². The molecule has 3 N–H and O–H groups in total. The molecule has 8 heteroatoms. The average molecular weight is 445 g/mol. The van der Waals surface area contributed by atoms with E-state index in [0.29, 0.717) is 17.7 Å². The maximum Gasteiger partial charge on any atom is 0.261 e. The van der Waals surface area contributed by atoms with E-state index >= 15 is 0 Å². The van der Waals surface area contributed by atoms with Crippen molar-refractivity contribution in [2.45, 2.75) is 17.4 Å². The maximum atomic E-state index is 12.8. The first-order valence-corrected chi connectivity index (χ1v) is 12.3. The van der Waals surface area contributed by atoms with Crippen LogP contribution in [-0.4, -0.2) is 44.1 Å². The smallest absolute Gasteiger partial charge is 0.261 e. The molecule has 0 unspecified atom stereocenters. The molecule has 0 aliphatic carbocycles. The number of amides is 1. The van der Waals surface area contributed by atoms with Gasteiger partial charge in [-0.05, 0) is 59.5 Å². The molecule has 0 bridgehead atoms. The summed E-state index contributed by atoms with van der Waals surface area (Å²) in [5.41, 5.74) is 0.608. The minimum Gasteiger partial charge on any atom is -0.394 e. The van der Waals surface area contributed by atoms with Gasteiger partial charge >= 0.3 is 0 Å². The summed E-state index contributed by atoms with van der Waals surface area (Å²) in [5, 5.41) is 14.0. The van der Waals surface area contributed by atoms with Gasteiger partial charge in [0, 0.05) is 11.3 Å². The van der Waals surface area contributed by atoms with E-state index in [2.05, 4.69) is 10.0 Å². The second-order valence-corrected chi connectivity index (χ2v) is 9.50. The van der Waals surface area contributed by atoms with Crippen LogP contribution in [0.4, 0.5) is 5.69 Å². The van der Waals surface area contributed by atoms with Crippen LogP contribution in [0.15, 0.2) is 71.6 Å². The van der Waals surface area contributed by atoms with Gasteiger partial charge in [-0.1, -0.05) is 36.4 Å². The molecule has 158 valence electrons. The fourth-order valence-corrected chi connectivity index (χ4v) is 4.62. The van der Waals surface area contributed by atoms with Crippen molar-refractivity contribution in [1.29, 1.82) is 0 Å². The van der Waals surface area contributed by atoms with Gasteiger partial charge in [-0.3, -0.25) is 9.52 Å². The Morgan fingerprint density at radius 3 is 2.53 bits per heavy atom. The van der Waals surface area contributed by atoms with E-state index in [1.165, 1.54) is 6.07 Å². The third-order valence-electron chi connectivity index (χ3n) is 4.63. The Morgan fingerprint density at radius 1 is 1.03 bits per heavy atom. The van der Waals surface area contributed by atoms with Gasteiger partial charge in [-0.25, -0.2) is 8.42 Å². The third kappa shape index (κ3) is 5.53. The summed E-state index contributed by atoms with van der Waals surface area (Å²) < 4.78 is 28.2. The Labute approximate surface area is 180 Å². The molecule has 3 aromatic carbocycles. The highest BCUT2D eigenvalue weighted by Crippen LogP contribution is 2.22. The van der Waals surface area contributed by atoms with Crippen molar-refractivity contribution in [3.8, 4) is 0 Å². The highest BCUT2D eigenvalue weighted by Gasteiger charge is 2.17. The molecule has 1 atom stereocenters. The first kappa shape index (κ1) is 22.1. The molecule has 0 saturated heterocycles. The number of sulfonamides is 1. The van der Waals surface area contributed by atoms with Crippen molar-refractivity contribution < 1.29 is 18.3 Å². The highest BCUT2D eigenvalue weighted by molar-refractivity contribution is 7.98. The first-order valence-electron chi connectivity index (χ1n) is 9.45. The predicted molar refractivity (Wildman–Crippen MR) is 123 cm³/mol. The highest BCUT2D eigenvalue weighted by atomic mass is 32.2. The quantitative estimate of drug-likeness (QED) is 0.470. The lowest BCUT2D eigenvalue weighted by Gasteiger charge is -2.16. The largest absolute Gasteiger partial charge is 0.394 e. The summed E-state index contributed by atoms with van der Waals surface area (Å²) in [7, 11) is -3.81. The molecule has 6 nitrogen and oxygen atoms in total. The number of anilines is 1. The van der Waals surface area contributed by atoms with Crippen LogP contribution in [0, 0.1) is 0 Å². The molecule has 1 amide bonds. The van der Waals surface area contributed by atoms with Gasteiger partial charge in [0.25, 0.3) is 15.9 Å². The normalized spacial score (nSPS) is 12.5. The average Bonchev–Trinajstić information content (AvgIpc) is 2.76. The molecule has 0 spiro atoms. The fourth-order valence-electron chi connectivity index (χ4n) is 3.01. The minimum absolute atomic E-state index is 0.147. The molecular weight excluding hydrogens is 420 g/mol. The number of benzene rings is 3. The molecular formula is C22H24N2O4S2. The number of hydrogen-bond acceptors (Lipinski definition) is 5. The molecule has 30 heavy (non-hydrogen) atoms. The van der Waals surface area contributed by atoms with Gasteiger partial charge < -0.3 is 10.4 Å². The van der Waals surface area contributed by atoms with E-state index < -0.39 is 10.0 Å². The van der Waals surface area contributed by atoms with Crippen LogP contribution in [0.3, 0.4) is 0 Å². The number of rotatable bonds is 9. The van der Waals surface area contributed by atoms with E-state index in [9.17, 15) is 18.3 Å². The van der Waals surface area contributed by atoms with Crippen molar-refractivity contribution in [2.24, 2.45) is 0 Å². The Morgan fingerprint density at radius 2 is 1.80 bits per heavy atom. The third-order valence-corrected chi connectivity index (χ3v) is 6.66. The Hall–Kier alpha value is -2.55.